The smallest absolute Gasteiger partial charge is 0.234 e. The van der Waals surface area contributed by atoms with Gasteiger partial charge in [-0.2, -0.15) is 0 Å². The highest BCUT2D eigenvalue weighted by atomic mass is 19.1. The van der Waals surface area contributed by atoms with E-state index in [0.29, 0.717) is 25.2 Å². The minimum Gasteiger partial charge on any atom is -0.355 e. The minimum atomic E-state index is -0.245. The zero-order valence-corrected chi connectivity index (χ0v) is 11.4. The number of nitrogens with one attached hydrogen (secondary N) is 1. The molecule has 0 aromatic heterocycles. The highest BCUT2D eigenvalue weighted by Crippen LogP contribution is 2.09. The monoisotopic (exact) mass is 264 g/mol. The van der Waals surface area contributed by atoms with Gasteiger partial charge in [0.15, 0.2) is 0 Å². The maximum absolute atomic E-state index is 13.6. The average molecular weight is 264 g/mol. The van der Waals surface area contributed by atoms with Crippen LogP contribution in [0, 0.1) is 5.82 Å². The number of hydrogen-bond acceptors (Lipinski definition) is 2. The van der Waals surface area contributed by atoms with Crippen LogP contribution < -0.4 is 5.32 Å². The Morgan fingerprint density at radius 3 is 2.84 bits per heavy atom. The largest absolute Gasteiger partial charge is 0.355 e. The molecule has 0 radical (unpaired) electrons. The summed E-state index contributed by atoms with van der Waals surface area (Å²) in [7, 11) is 0. The van der Waals surface area contributed by atoms with E-state index in [-0.39, 0.29) is 18.3 Å². The van der Waals surface area contributed by atoms with Gasteiger partial charge in [0.2, 0.25) is 5.91 Å². The molecule has 0 saturated carbocycles. The van der Waals surface area contributed by atoms with Crippen LogP contribution in [0.1, 0.15) is 18.9 Å². The van der Waals surface area contributed by atoms with Crippen molar-refractivity contribution < 1.29 is 9.18 Å². The van der Waals surface area contributed by atoms with Crippen molar-refractivity contribution in [2.45, 2.75) is 19.9 Å². The fourth-order valence-electron chi connectivity index (χ4n) is 1.76. The molecule has 0 aliphatic carbocycles. The third-order valence-corrected chi connectivity index (χ3v) is 2.68. The van der Waals surface area contributed by atoms with Crippen molar-refractivity contribution in [3.05, 3.63) is 48.3 Å². The van der Waals surface area contributed by atoms with Gasteiger partial charge in [-0.15, -0.1) is 6.58 Å². The number of carbonyl (C=O) groups is 1. The van der Waals surface area contributed by atoms with Crippen molar-refractivity contribution in [2.75, 3.05) is 19.6 Å². The van der Waals surface area contributed by atoms with E-state index in [1.54, 1.807) is 24.3 Å². The molecule has 3 nitrogen and oxygen atoms in total. The molecule has 4 heteroatoms. The summed E-state index contributed by atoms with van der Waals surface area (Å²) in [5, 5.41) is 2.81. The first kappa shape index (κ1) is 15.4. The molecule has 1 aromatic carbocycles. The Morgan fingerprint density at radius 2 is 2.21 bits per heavy atom. The van der Waals surface area contributed by atoms with Gasteiger partial charge in [-0.25, -0.2) is 4.39 Å². The number of halogens is 1. The quantitative estimate of drug-likeness (QED) is 0.731. The molecular weight excluding hydrogens is 243 g/mol. The van der Waals surface area contributed by atoms with Crippen LogP contribution in [0.5, 0.6) is 0 Å². The minimum absolute atomic E-state index is 0.0416. The highest BCUT2D eigenvalue weighted by molar-refractivity contribution is 5.77. The molecule has 0 heterocycles. The summed E-state index contributed by atoms with van der Waals surface area (Å²) in [6.07, 6.45) is 2.62. The third-order valence-electron chi connectivity index (χ3n) is 2.68. The van der Waals surface area contributed by atoms with E-state index in [2.05, 4.69) is 11.9 Å². The fraction of sp³-hybridized carbons (Fsp3) is 0.400. The molecule has 19 heavy (non-hydrogen) atoms. The fourth-order valence-corrected chi connectivity index (χ4v) is 1.76. The maximum Gasteiger partial charge on any atom is 0.234 e. The van der Waals surface area contributed by atoms with Crippen LogP contribution >= 0.6 is 0 Å². The molecule has 1 N–H and O–H groups in total. The first-order chi connectivity index (χ1) is 9.17. The van der Waals surface area contributed by atoms with Gasteiger partial charge in [0.05, 0.1) is 6.54 Å². The normalized spacial score (nSPS) is 10.5. The topological polar surface area (TPSA) is 32.3 Å². The first-order valence-corrected chi connectivity index (χ1v) is 6.50. The van der Waals surface area contributed by atoms with E-state index in [1.807, 2.05) is 11.8 Å². The van der Waals surface area contributed by atoms with E-state index in [1.165, 1.54) is 6.07 Å². The average Bonchev–Trinajstić information content (AvgIpc) is 2.39. The molecule has 0 aliphatic heterocycles. The van der Waals surface area contributed by atoms with Crippen LogP contribution in [0.2, 0.25) is 0 Å². The summed E-state index contributed by atoms with van der Waals surface area (Å²) in [5.74, 6) is -0.287. The summed E-state index contributed by atoms with van der Waals surface area (Å²) in [6.45, 7) is 7.54. The van der Waals surface area contributed by atoms with Gasteiger partial charge < -0.3 is 5.32 Å². The van der Waals surface area contributed by atoms with E-state index in [0.717, 1.165) is 6.42 Å². The van der Waals surface area contributed by atoms with Crippen LogP contribution in [-0.4, -0.2) is 30.4 Å². The van der Waals surface area contributed by atoms with Crippen LogP contribution in [0.4, 0.5) is 4.39 Å². The summed E-state index contributed by atoms with van der Waals surface area (Å²) in [6, 6.07) is 6.61. The van der Waals surface area contributed by atoms with Gasteiger partial charge in [0.25, 0.3) is 0 Å². The Labute approximate surface area is 114 Å². The van der Waals surface area contributed by atoms with Crippen molar-refractivity contribution >= 4 is 5.91 Å². The van der Waals surface area contributed by atoms with E-state index >= 15 is 0 Å². The molecule has 0 spiro atoms. The lowest BCUT2D eigenvalue weighted by atomic mass is 10.2. The highest BCUT2D eigenvalue weighted by Gasteiger charge is 2.11. The molecular formula is C15H21FN2O. The predicted molar refractivity (Wildman–Crippen MR) is 75.2 cm³/mol. The Morgan fingerprint density at radius 1 is 1.47 bits per heavy atom. The standard InChI is InChI=1S/C15H21FN2O/c1-3-9-17-15(19)12-18(10-4-2)11-13-7-5-6-8-14(13)16/h4-8H,2-3,9-12H2,1H3,(H,17,19). The van der Waals surface area contributed by atoms with Gasteiger partial charge in [-0.05, 0) is 12.5 Å². The predicted octanol–water partition coefficient (Wildman–Crippen LogP) is 2.34. The number of hydrogen-bond donors (Lipinski definition) is 1. The second kappa shape index (κ2) is 8.43. The van der Waals surface area contributed by atoms with Crippen molar-refractivity contribution in [2.24, 2.45) is 0 Å². The van der Waals surface area contributed by atoms with Crippen molar-refractivity contribution in [3.8, 4) is 0 Å². The zero-order valence-electron chi connectivity index (χ0n) is 11.4. The summed E-state index contributed by atoms with van der Waals surface area (Å²) < 4.78 is 13.6. The van der Waals surface area contributed by atoms with Crippen molar-refractivity contribution in [1.29, 1.82) is 0 Å². The molecule has 0 unspecified atom stereocenters. The van der Waals surface area contributed by atoms with Gasteiger partial charge in [0, 0.05) is 25.2 Å². The lowest BCUT2D eigenvalue weighted by molar-refractivity contribution is -0.122. The van der Waals surface area contributed by atoms with Crippen molar-refractivity contribution in [1.82, 2.24) is 10.2 Å². The second-order valence-corrected chi connectivity index (χ2v) is 4.40. The first-order valence-electron chi connectivity index (χ1n) is 6.50. The molecule has 1 amide bonds. The van der Waals surface area contributed by atoms with E-state index in [4.69, 9.17) is 0 Å². The number of nitrogens with zero attached hydrogens (tertiary/aromatic N) is 1. The van der Waals surface area contributed by atoms with Crippen molar-refractivity contribution in [3.63, 3.8) is 0 Å². The SMILES string of the molecule is C=CCN(CC(=O)NCCC)Cc1ccccc1F. The Hall–Kier alpha value is -1.68. The molecule has 0 bridgehead atoms. The number of carbonyl (C=O) groups excluding carboxylic acids is 1. The lowest BCUT2D eigenvalue weighted by Crippen LogP contribution is -2.37. The molecule has 0 saturated heterocycles. The number of benzene rings is 1. The molecule has 0 aliphatic rings. The Balaban J connectivity index is 2.60. The van der Waals surface area contributed by atoms with Crippen LogP contribution in [0.25, 0.3) is 0 Å². The third kappa shape index (κ3) is 5.66. The van der Waals surface area contributed by atoms with Gasteiger partial charge in [-0.1, -0.05) is 31.2 Å². The lowest BCUT2D eigenvalue weighted by Gasteiger charge is -2.20. The zero-order chi connectivity index (χ0) is 14.1. The molecule has 104 valence electrons. The van der Waals surface area contributed by atoms with Crippen LogP contribution in [0.15, 0.2) is 36.9 Å². The van der Waals surface area contributed by atoms with Gasteiger partial charge >= 0.3 is 0 Å². The Kier molecular flexibility index (Phi) is 6.82. The van der Waals surface area contributed by atoms with Crippen LogP contribution in [-0.2, 0) is 11.3 Å². The van der Waals surface area contributed by atoms with E-state index < -0.39 is 0 Å². The summed E-state index contributed by atoms with van der Waals surface area (Å²) >= 11 is 0. The number of rotatable bonds is 8. The molecule has 1 rings (SSSR count). The van der Waals surface area contributed by atoms with Crippen LogP contribution in [0.3, 0.4) is 0 Å². The number of amides is 1. The maximum atomic E-state index is 13.6. The Bertz CT molecular complexity index is 420. The molecule has 1 aromatic rings. The summed E-state index contributed by atoms with van der Waals surface area (Å²) in [4.78, 5) is 13.5. The van der Waals surface area contributed by atoms with Gasteiger partial charge in [0.1, 0.15) is 5.82 Å². The second-order valence-electron chi connectivity index (χ2n) is 4.40. The van der Waals surface area contributed by atoms with Gasteiger partial charge in [-0.3, -0.25) is 9.69 Å². The molecule has 0 fully saturated rings. The molecule has 0 atom stereocenters. The summed E-state index contributed by atoms with van der Waals surface area (Å²) in [5.41, 5.74) is 0.590. The van der Waals surface area contributed by atoms with E-state index in [9.17, 15) is 9.18 Å².